The van der Waals surface area contributed by atoms with E-state index in [4.69, 9.17) is 9.47 Å². The first-order valence-corrected chi connectivity index (χ1v) is 11.8. The third-order valence-corrected chi connectivity index (χ3v) is 5.63. The van der Waals surface area contributed by atoms with Gasteiger partial charge in [-0.3, -0.25) is 4.79 Å². The summed E-state index contributed by atoms with van der Waals surface area (Å²) >= 11 is 1.66. The summed E-state index contributed by atoms with van der Waals surface area (Å²) in [6, 6.07) is 12.0. The number of ether oxygens (including phenoxy) is 2. The van der Waals surface area contributed by atoms with E-state index >= 15 is 0 Å². The van der Waals surface area contributed by atoms with Crippen LogP contribution in [0.15, 0.2) is 41.8 Å². The van der Waals surface area contributed by atoms with E-state index < -0.39 is 0 Å². The van der Waals surface area contributed by atoms with Crippen LogP contribution < -0.4 is 4.74 Å². The van der Waals surface area contributed by atoms with Gasteiger partial charge in [0.2, 0.25) is 11.8 Å². The van der Waals surface area contributed by atoms with Crippen LogP contribution >= 0.6 is 11.8 Å². The van der Waals surface area contributed by atoms with E-state index in [0.29, 0.717) is 38.6 Å². The van der Waals surface area contributed by atoms with Crippen molar-refractivity contribution < 1.29 is 14.3 Å². The molecule has 3 rings (SSSR count). The van der Waals surface area contributed by atoms with Crippen molar-refractivity contribution in [1.82, 2.24) is 14.9 Å². The monoisotopic (exact) mass is 441 g/mol. The Balaban J connectivity index is 1.41. The average Bonchev–Trinajstić information content (AvgIpc) is 2.78. The van der Waals surface area contributed by atoms with E-state index in [1.54, 1.807) is 11.8 Å². The molecule has 0 N–H and O–H groups in total. The molecule has 1 fully saturated rings. The number of carbonyl (C=O) groups excluding carboxylic acids is 1. The number of aryl methyl sites for hydroxylation is 1. The molecule has 0 aliphatic carbocycles. The van der Waals surface area contributed by atoms with Gasteiger partial charge in [-0.15, -0.1) is 11.8 Å². The number of rotatable bonds is 9. The number of thioether (sulfide) groups is 1. The summed E-state index contributed by atoms with van der Waals surface area (Å²) in [5.41, 5.74) is 2.05. The van der Waals surface area contributed by atoms with Crippen molar-refractivity contribution in [2.75, 3.05) is 32.1 Å². The van der Waals surface area contributed by atoms with Crippen molar-refractivity contribution >= 4 is 23.7 Å². The standard InChI is InChI=1S/C24H31N3O3S/c1-18(2)24-25-19(3)15-22(26-24)30-17-21-16-27(11-12-29-21)23(28)10-14-31-13-9-20-7-5-4-6-8-20/h4-9,13,15,18,21H,10-12,14,16-17H2,1-3H3. The molecule has 6 nitrogen and oxygen atoms in total. The molecular weight excluding hydrogens is 410 g/mol. The second-order valence-corrected chi connectivity index (χ2v) is 8.85. The highest BCUT2D eigenvalue weighted by atomic mass is 32.2. The Kier molecular flexibility index (Phi) is 8.91. The van der Waals surface area contributed by atoms with E-state index in [1.807, 2.05) is 41.5 Å². The predicted molar refractivity (Wildman–Crippen MR) is 125 cm³/mol. The van der Waals surface area contributed by atoms with Crippen molar-refractivity contribution in [3.05, 3.63) is 58.9 Å². The lowest BCUT2D eigenvalue weighted by molar-refractivity contribution is -0.139. The highest BCUT2D eigenvalue weighted by Gasteiger charge is 2.24. The molecule has 1 unspecified atom stereocenters. The summed E-state index contributed by atoms with van der Waals surface area (Å²) in [5, 5.41) is 2.05. The Morgan fingerprint density at radius 1 is 1.32 bits per heavy atom. The summed E-state index contributed by atoms with van der Waals surface area (Å²) in [5.74, 6) is 2.49. The number of morpholine rings is 1. The van der Waals surface area contributed by atoms with Crippen molar-refractivity contribution in [3.63, 3.8) is 0 Å². The van der Waals surface area contributed by atoms with Crippen molar-refractivity contribution in [1.29, 1.82) is 0 Å². The second-order valence-electron chi connectivity index (χ2n) is 7.84. The van der Waals surface area contributed by atoms with Gasteiger partial charge in [0, 0.05) is 36.4 Å². The highest BCUT2D eigenvalue weighted by Crippen LogP contribution is 2.17. The van der Waals surface area contributed by atoms with E-state index in [0.717, 1.165) is 22.8 Å². The van der Waals surface area contributed by atoms with Crippen molar-refractivity contribution in [2.45, 2.75) is 39.2 Å². The summed E-state index contributed by atoms with van der Waals surface area (Å²) < 4.78 is 11.7. The summed E-state index contributed by atoms with van der Waals surface area (Å²) in [6.45, 7) is 8.12. The lowest BCUT2D eigenvalue weighted by atomic mass is 10.2. The van der Waals surface area contributed by atoms with Gasteiger partial charge in [-0.2, -0.15) is 4.98 Å². The van der Waals surface area contributed by atoms with E-state index in [1.165, 1.54) is 0 Å². The fourth-order valence-corrected chi connectivity index (χ4v) is 3.86. The number of nitrogens with zero attached hydrogens (tertiary/aromatic N) is 3. The van der Waals surface area contributed by atoms with Gasteiger partial charge in [0.15, 0.2) is 0 Å². The average molecular weight is 442 g/mol. The molecule has 1 amide bonds. The largest absolute Gasteiger partial charge is 0.475 e. The number of amides is 1. The maximum Gasteiger partial charge on any atom is 0.223 e. The number of aromatic nitrogens is 2. The summed E-state index contributed by atoms with van der Waals surface area (Å²) in [7, 11) is 0. The molecule has 1 aromatic carbocycles. The lowest BCUT2D eigenvalue weighted by Crippen LogP contribution is -2.47. The zero-order chi connectivity index (χ0) is 22.1. The molecule has 0 spiro atoms. The SMILES string of the molecule is Cc1cc(OCC2CN(C(=O)CCSC=Cc3ccccc3)CCO2)nc(C(C)C)n1. The fraction of sp³-hybridized carbons (Fsp3) is 0.458. The fourth-order valence-electron chi connectivity index (χ4n) is 3.18. The van der Waals surface area contributed by atoms with Gasteiger partial charge in [0.1, 0.15) is 18.5 Å². The molecule has 0 radical (unpaired) electrons. The Morgan fingerprint density at radius 3 is 2.90 bits per heavy atom. The molecule has 1 aliphatic rings. The number of benzene rings is 1. The first kappa shape index (κ1) is 23.3. The van der Waals surface area contributed by atoms with Crippen LogP contribution in [-0.2, 0) is 9.53 Å². The smallest absolute Gasteiger partial charge is 0.223 e. The number of hydrogen-bond acceptors (Lipinski definition) is 6. The number of carbonyl (C=O) groups is 1. The molecule has 1 aliphatic heterocycles. The quantitative estimate of drug-likeness (QED) is 0.541. The molecule has 166 valence electrons. The van der Waals surface area contributed by atoms with Crippen LogP contribution in [0.2, 0.25) is 0 Å². The van der Waals surface area contributed by atoms with Gasteiger partial charge in [-0.05, 0) is 24.0 Å². The Hall–Kier alpha value is -2.38. The van der Waals surface area contributed by atoms with Gasteiger partial charge in [0.05, 0.1) is 13.2 Å². The van der Waals surface area contributed by atoms with Gasteiger partial charge in [0.25, 0.3) is 0 Å². The Bertz CT molecular complexity index is 874. The van der Waals surface area contributed by atoms with Gasteiger partial charge < -0.3 is 14.4 Å². The summed E-state index contributed by atoms with van der Waals surface area (Å²) in [4.78, 5) is 23.4. The van der Waals surface area contributed by atoms with Crippen LogP contribution in [0.5, 0.6) is 5.88 Å². The number of hydrogen-bond donors (Lipinski definition) is 0. The van der Waals surface area contributed by atoms with Crippen LogP contribution in [0.3, 0.4) is 0 Å². The molecule has 1 atom stereocenters. The maximum absolute atomic E-state index is 12.6. The van der Waals surface area contributed by atoms with Crippen LogP contribution in [0.1, 0.15) is 43.3 Å². The minimum Gasteiger partial charge on any atom is -0.475 e. The molecule has 0 bridgehead atoms. The molecule has 0 saturated carbocycles. The molecule has 1 saturated heterocycles. The first-order chi connectivity index (χ1) is 15.0. The minimum absolute atomic E-state index is 0.152. The lowest BCUT2D eigenvalue weighted by Gasteiger charge is -2.32. The minimum atomic E-state index is -0.152. The zero-order valence-corrected chi connectivity index (χ0v) is 19.3. The van der Waals surface area contributed by atoms with E-state index in [2.05, 4.69) is 42.0 Å². The Labute approximate surface area is 189 Å². The highest BCUT2D eigenvalue weighted by molar-refractivity contribution is 8.02. The van der Waals surface area contributed by atoms with Crippen LogP contribution in [0, 0.1) is 6.92 Å². The second kappa shape index (κ2) is 11.9. The molecule has 31 heavy (non-hydrogen) atoms. The third-order valence-electron chi connectivity index (χ3n) is 4.86. The molecule has 2 aromatic rings. The summed E-state index contributed by atoms with van der Waals surface area (Å²) in [6.07, 6.45) is 2.43. The predicted octanol–water partition coefficient (Wildman–Crippen LogP) is 4.31. The zero-order valence-electron chi connectivity index (χ0n) is 18.5. The van der Waals surface area contributed by atoms with Crippen LogP contribution in [-0.4, -0.2) is 58.9 Å². The van der Waals surface area contributed by atoms with E-state index in [9.17, 15) is 4.79 Å². The van der Waals surface area contributed by atoms with Crippen molar-refractivity contribution in [2.24, 2.45) is 0 Å². The van der Waals surface area contributed by atoms with Gasteiger partial charge >= 0.3 is 0 Å². The topological polar surface area (TPSA) is 64.5 Å². The van der Waals surface area contributed by atoms with Crippen molar-refractivity contribution in [3.8, 4) is 5.88 Å². The molecule has 2 heterocycles. The first-order valence-electron chi connectivity index (χ1n) is 10.7. The molecular formula is C24H31N3O3S. The maximum atomic E-state index is 12.6. The normalized spacial score (nSPS) is 16.8. The van der Waals surface area contributed by atoms with E-state index in [-0.39, 0.29) is 17.9 Å². The molecule has 7 heteroatoms. The molecule has 1 aromatic heterocycles. The third kappa shape index (κ3) is 7.67. The van der Waals surface area contributed by atoms with Crippen LogP contribution in [0.4, 0.5) is 0 Å². The van der Waals surface area contributed by atoms with Gasteiger partial charge in [-0.1, -0.05) is 44.2 Å². The van der Waals surface area contributed by atoms with Gasteiger partial charge in [-0.25, -0.2) is 4.98 Å². The van der Waals surface area contributed by atoms with Crippen LogP contribution in [0.25, 0.3) is 6.08 Å². The Morgan fingerprint density at radius 2 is 2.13 bits per heavy atom.